The molecule has 0 bridgehead atoms. The van der Waals surface area contributed by atoms with Crippen LogP contribution in [0.3, 0.4) is 0 Å². The van der Waals surface area contributed by atoms with Gasteiger partial charge in [-0.1, -0.05) is 0 Å². The number of carboxylic acid groups (broad SMARTS) is 2. The van der Waals surface area contributed by atoms with Crippen LogP contribution in [0.15, 0.2) is 12.5 Å². The molecule has 0 aromatic carbocycles. The summed E-state index contributed by atoms with van der Waals surface area (Å²) in [5.74, 6) is -3.52. The van der Waals surface area contributed by atoms with Crippen LogP contribution < -0.4 is 0 Å². The van der Waals surface area contributed by atoms with Crippen LogP contribution in [-0.4, -0.2) is 55.5 Å². The summed E-state index contributed by atoms with van der Waals surface area (Å²) in [7, 11) is 0. The van der Waals surface area contributed by atoms with Crippen LogP contribution in [0.5, 0.6) is 0 Å². The maximum Gasteiger partial charge on any atom is 0.326 e. The van der Waals surface area contributed by atoms with Crippen molar-refractivity contribution in [2.75, 3.05) is 6.54 Å². The molecule has 1 aliphatic heterocycles. The van der Waals surface area contributed by atoms with Gasteiger partial charge >= 0.3 is 11.9 Å². The van der Waals surface area contributed by atoms with E-state index in [0.29, 0.717) is 5.69 Å². The van der Waals surface area contributed by atoms with E-state index in [1.807, 2.05) is 0 Å². The van der Waals surface area contributed by atoms with Gasteiger partial charge in [-0.25, -0.2) is 9.78 Å². The lowest BCUT2D eigenvalue weighted by Crippen LogP contribution is -2.44. The monoisotopic (exact) mass is 267 g/mol. The van der Waals surface area contributed by atoms with Crippen molar-refractivity contribution < 1.29 is 24.6 Å². The first-order valence-electron chi connectivity index (χ1n) is 5.71. The summed E-state index contributed by atoms with van der Waals surface area (Å²) in [6.45, 7) is -0.0702. The number of imidazole rings is 1. The predicted octanol–water partition coefficient (Wildman–Crippen LogP) is -0.661. The van der Waals surface area contributed by atoms with Gasteiger partial charge in [-0.3, -0.25) is 9.59 Å². The third kappa shape index (κ3) is 2.72. The highest BCUT2D eigenvalue weighted by molar-refractivity contribution is 5.89. The minimum absolute atomic E-state index is 0.0702. The molecule has 0 radical (unpaired) electrons. The number of nitrogens with zero attached hydrogens (tertiary/aromatic N) is 2. The first kappa shape index (κ1) is 13.1. The average molecular weight is 267 g/mol. The first-order chi connectivity index (χ1) is 8.99. The van der Waals surface area contributed by atoms with Crippen LogP contribution in [0.25, 0.3) is 0 Å². The number of amides is 1. The summed E-state index contributed by atoms with van der Waals surface area (Å²) in [4.78, 5) is 41.5. The Morgan fingerprint density at radius 2 is 2.26 bits per heavy atom. The van der Waals surface area contributed by atoms with Crippen LogP contribution in [0.2, 0.25) is 0 Å². The number of aromatic amines is 1. The Bertz CT molecular complexity index is 498. The van der Waals surface area contributed by atoms with Gasteiger partial charge < -0.3 is 20.1 Å². The van der Waals surface area contributed by atoms with Crippen molar-refractivity contribution in [1.82, 2.24) is 14.9 Å². The van der Waals surface area contributed by atoms with Crippen molar-refractivity contribution in [2.45, 2.75) is 18.9 Å². The number of carbonyl (C=O) groups excluding carboxylic acids is 1. The van der Waals surface area contributed by atoms with E-state index in [2.05, 4.69) is 9.97 Å². The van der Waals surface area contributed by atoms with E-state index in [0.717, 1.165) is 4.90 Å². The number of carboxylic acids is 2. The standard InChI is InChI=1S/C11H13N3O5/c15-9-1-6(10(16)17)4-14(9)8(11(18)19)2-7-3-12-5-13-7/h3,5-6,8H,1-2,4H2,(H,12,13)(H,16,17)(H,18,19)/t6?,8-/m0/s1. The summed E-state index contributed by atoms with van der Waals surface area (Å²) in [5.41, 5.74) is 0.582. The minimum atomic E-state index is -1.16. The molecule has 1 aromatic rings. The van der Waals surface area contributed by atoms with Gasteiger partial charge in [-0.15, -0.1) is 0 Å². The second kappa shape index (κ2) is 5.09. The molecule has 1 aliphatic rings. The molecule has 0 aliphatic carbocycles. The number of hydrogen-bond donors (Lipinski definition) is 3. The second-order valence-corrected chi connectivity index (χ2v) is 4.42. The zero-order valence-electron chi connectivity index (χ0n) is 9.94. The van der Waals surface area contributed by atoms with Crippen LogP contribution in [0.4, 0.5) is 0 Å². The Balaban J connectivity index is 2.13. The van der Waals surface area contributed by atoms with Crippen molar-refractivity contribution >= 4 is 17.8 Å². The number of hydrogen-bond acceptors (Lipinski definition) is 4. The Labute approximate surface area is 108 Å². The molecule has 2 heterocycles. The molecule has 19 heavy (non-hydrogen) atoms. The first-order valence-corrected chi connectivity index (χ1v) is 5.71. The van der Waals surface area contributed by atoms with E-state index in [4.69, 9.17) is 5.11 Å². The van der Waals surface area contributed by atoms with Crippen molar-refractivity contribution in [3.8, 4) is 0 Å². The Kier molecular flexibility index (Phi) is 3.50. The van der Waals surface area contributed by atoms with Gasteiger partial charge in [0.2, 0.25) is 5.91 Å². The van der Waals surface area contributed by atoms with Gasteiger partial charge in [-0.05, 0) is 0 Å². The van der Waals surface area contributed by atoms with Gasteiger partial charge in [0, 0.05) is 31.3 Å². The molecule has 2 rings (SSSR count). The number of nitrogens with one attached hydrogen (secondary N) is 1. The summed E-state index contributed by atoms with van der Waals surface area (Å²) in [6, 6.07) is -1.07. The number of rotatable bonds is 5. The number of carbonyl (C=O) groups is 3. The normalized spacial score (nSPS) is 20.5. The lowest BCUT2D eigenvalue weighted by atomic mass is 10.1. The summed E-state index contributed by atoms with van der Waals surface area (Å²) < 4.78 is 0. The van der Waals surface area contributed by atoms with Gasteiger partial charge in [0.15, 0.2) is 0 Å². The van der Waals surface area contributed by atoms with Crippen molar-refractivity contribution in [3.63, 3.8) is 0 Å². The summed E-state index contributed by atoms with van der Waals surface area (Å²) in [5, 5.41) is 18.1. The number of aliphatic carboxylic acids is 2. The zero-order valence-corrected chi connectivity index (χ0v) is 9.94. The molecule has 3 N–H and O–H groups in total. The maximum atomic E-state index is 11.7. The Morgan fingerprint density at radius 3 is 2.74 bits per heavy atom. The molecule has 8 heteroatoms. The lowest BCUT2D eigenvalue weighted by molar-refractivity contribution is -0.148. The molecular weight excluding hydrogens is 254 g/mol. The highest BCUT2D eigenvalue weighted by Crippen LogP contribution is 2.22. The van der Waals surface area contributed by atoms with Gasteiger partial charge in [0.1, 0.15) is 6.04 Å². The van der Waals surface area contributed by atoms with Gasteiger partial charge in [-0.2, -0.15) is 0 Å². The number of likely N-dealkylation sites (tertiary alicyclic amines) is 1. The summed E-state index contributed by atoms with van der Waals surface area (Å²) >= 11 is 0. The molecule has 1 amide bonds. The Morgan fingerprint density at radius 1 is 1.53 bits per heavy atom. The molecule has 102 valence electrons. The average Bonchev–Trinajstić information content (AvgIpc) is 2.95. The fourth-order valence-electron chi connectivity index (χ4n) is 2.13. The third-order valence-corrected chi connectivity index (χ3v) is 3.14. The highest BCUT2D eigenvalue weighted by Gasteiger charge is 2.40. The van der Waals surface area contributed by atoms with E-state index in [9.17, 15) is 19.5 Å². The van der Waals surface area contributed by atoms with Crippen LogP contribution in [0, 0.1) is 5.92 Å². The van der Waals surface area contributed by atoms with E-state index in [1.54, 1.807) is 0 Å². The third-order valence-electron chi connectivity index (χ3n) is 3.14. The van der Waals surface area contributed by atoms with E-state index in [-0.39, 0.29) is 19.4 Å². The van der Waals surface area contributed by atoms with Gasteiger partial charge in [0.25, 0.3) is 0 Å². The van der Waals surface area contributed by atoms with E-state index < -0.39 is 29.8 Å². The number of H-pyrrole nitrogens is 1. The van der Waals surface area contributed by atoms with Crippen molar-refractivity contribution in [3.05, 3.63) is 18.2 Å². The Hall–Kier alpha value is -2.38. The molecule has 1 aromatic heterocycles. The number of aromatic nitrogens is 2. The van der Waals surface area contributed by atoms with Crippen LogP contribution >= 0.6 is 0 Å². The van der Waals surface area contributed by atoms with Crippen molar-refractivity contribution in [1.29, 1.82) is 0 Å². The fourth-order valence-corrected chi connectivity index (χ4v) is 2.13. The molecule has 0 saturated carbocycles. The molecule has 8 nitrogen and oxygen atoms in total. The quantitative estimate of drug-likeness (QED) is 0.650. The predicted molar refractivity (Wildman–Crippen MR) is 61.2 cm³/mol. The van der Waals surface area contributed by atoms with Gasteiger partial charge in [0.05, 0.1) is 12.2 Å². The highest BCUT2D eigenvalue weighted by atomic mass is 16.4. The zero-order chi connectivity index (χ0) is 14.0. The van der Waals surface area contributed by atoms with Crippen LogP contribution in [0.1, 0.15) is 12.1 Å². The molecule has 1 unspecified atom stereocenters. The SMILES string of the molecule is O=C(O)C1CC(=O)N([C@@H](Cc2cnc[nH]2)C(=O)O)C1. The topological polar surface area (TPSA) is 124 Å². The smallest absolute Gasteiger partial charge is 0.326 e. The van der Waals surface area contributed by atoms with E-state index >= 15 is 0 Å². The molecule has 1 fully saturated rings. The minimum Gasteiger partial charge on any atom is -0.481 e. The van der Waals surface area contributed by atoms with Crippen LogP contribution in [-0.2, 0) is 20.8 Å². The fraction of sp³-hybridized carbons (Fsp3) is 0.455. The van der Waals surface area contributed by atoms with Crippen molar-refractivity contribution in [2.24, 2.45) is 5.92 Å². The maximum absolute atomic E-state index is 11.7. The molecule has 0 spiro atoms. The molecule has 1 saturated heterocycles. The van der Waals surface area contributed by atoms with E-state index in [1.165, 1.54) is 12.5 Å². The lowest BCUT2D eigenvalue weighted by Gasteiger charge is -2.23. The summed E-state index contributed by atoms with van der Waals surface area (Å²) in [6.07, 6.45) is 2.82. The molecular formula is C11H13N3O5. The molecule has 2 atom stereocenters. The largest absolute Gasteiger partial charge is 0.481 e. The second-order valence-electron chi connectivity index (χ2n) is 4.42.